The molecule has 1 unspecified atom stereocenters. The molecule has 1 atom stereocenters. The highest BCUT2D eigenvalue weighted by molar-refractivity contribution is 9.13. The Balaban J connectivity index is 2.34. The number of nitrogens with one attached hydrogen (secondary N) is 1. The fraction of sp³-hybridized carbons (Fsp3) is 0.0714. The normalized spacial score (nSPS) is 11.9. The van der Waals surface area contributed by atoms with E-state index in [0.29, 0.717) is 16.3 Å². The van der Waals surface area contributed by atoms with E-state index in [1.54, 1.807) is 42.5 Å². The molecule has 0 bridgehead atoms. The summed E-state index contributed by atoms with van der Waals surface area (Å²) < 4.78 is 1.66. The van der Waals surface area contributed by atoms with E-state index in [9.17, 15) is 9.90 Å². The molecule has 0 amide bonds. The Morgan fingerprint density at radius 1 is 1.15 bits per heavy atom. The first-order valence-electron chi connectivity index (χ1n) is 5.68. The molecular formula is C14H10Br2ClNO2. The Labute approximate surface area is 138 Å². The molecule has 0 heterocycles. The zero-order valence-corrected chi connectivity index (χ0v) is 14.0. The smallest absolute Gasteiger partial charge is 0.330 e. The average molecular weight is 420 g/mol. The van der Waals surface area contributed by atoms with Gasteiger partial charge in [0, 0.05) is 8.95 Å². The van der Waals surface area contributed by atoms with Crippen molar-refractivity contribution in [3.05, 3.63) is 62.0 Å². The number of para-hydroxylation sites is 1. The van der Waals surface area contributed by atoms with Crippen LogP contribution < -0.4 is 5.32 Å². The highest BCUT2D eigenvalue weighted by atomic mass is 79.9. The Bertz CT molecular complexity index is 649. The Morgan fingerprint density at radius 2 is 1.85 bits per heavy atom. The van der Waals surface area contributed by atoms with Gasteiger partial charge in [-0.15, -0.1) is 0 Å². The number of hydrogen-bond acceptors (Lipinski definition) is 2. The van der Waals surface area contributed by atoms with Crippen LogP contribution in [0.3, 0.4) is 0 Å². The van der Waals surface area contributed by atoms with Gasteiger partial charge in [0.25, 0.3) is 0 Å². The van der Waals surface area contributed by atoms with E-state index >= 15 is 0 Å². The largest absolute Gasteiger partial charge is 0.479 e. The van der Waals surface area contributed by atoms with E-state index in [4.69, 9.17) is 11.6 Å². The van der Waals surface area contributed by atoms with Crippen LogP contribution in [0.4, 0.5) is 5.69 Å². The summed E-state index contributed by atoms with van der Waals surface area (Å²) >= 11 is 12.8. The van der Waals surface area contributed by atoms with Crippen molar-refractivity contribution in [3.63, 3.8) is 0 Å². The van der Waals surface area contributed by atoms with Gasteiger partial charge in [0.1, 0.15) is 0 Å². The molecule has 0 radical (unpaired) electrons. The van der Waals surface area contributed by atoms with Crippen molar-refractivity contribution in [2.75, 3.05) is 5.32 Å². The summed E-state index contributed by atoms with van der Waals surface area (Å²) in [6, 6.07) is 11.5. The maximum absolute atomic E-state index is 11.5. The average Bonchev–Trinajstić information content (AvgIpc) is 2.41. The van der Waals surface area contributed by atoms with Gasteiger partial charge in [0.2, 0.25) is 0 Å². The van der Waals surface area contributed by atoms with Crippen LogP contribution in [-0.2, 0) is 4.79 Å². The summed E-state index contributed by atoms with van der Waals surface area (Å²) in [5, 5.41) is 12.8. The van der Waals surface area contributed by atoms with Gasteiger partial charge in [-0.05, 0) is 61.7 Å². The lowest BCUT2D eigenvalue weighted by Gasteiger charge is -2.17. The van der Waals surface area contributed by atoms with Gasteiger partial charge in [-0.2, -0.15) is 0 Å². The summed E-state index contributed by atoms with van der Waals surface area (Å²) in [7, 11) is 0. The van der Waals surface area contributed by atoms with Crippen molar-refractivity contribution in [1.82, 2.24) is 0 Å². The van der Waals surface area contributed by atoms with Crippen LogP contribution in [0.5, 0.6) is 0 Å². The molecule has 0 spiro atoms. The maximum atomic E-state index is 11.5. The van der Waals surface area contributed by atoms with E-state index in [0.717, 1.165) is 8.95 Å². The van der Waals surface area contributed by atoms with Gasteiger partial charge in [0.05, 0.1) is 10.7 Å². The fourth-order valence-electron chi connectivity index (χ4n) is 1.71. The van der Waals surface area contributed by atoms with Crippen molar-refractivity contribution in [2.45, 2.75) is 6.04 Å². The second-order valence-corrected chi connectivity index (χ2v) is 6.18. The summed E-state index contributed by atoms with van der Waals surface area (Å²) in [5.41, 5.74) is 1.22. The monoisotopic (exact) mass is 417 g/mol. The first-order chi connectivity index (χ1) is 9.49. The number of rotatable bonds is 4. The molecule has 0 saturated heterocycles. The number of carbonyl (C=O) groups is 1. The number of aliphatic carboxylic acids is 1. The molecule has 0 fully saturated rings. The molecular weight excluding hydrogens is 409 g/mol. The predicted molar refractivity (Wildman–Crippen MR) is 87.3 cm³/mol. The third-order valence-corrected chi connectivity index (χ3v) is 4.91. The first-order valence-corrected chi connectivity index (χ1v) is 7.64. The lowest BCUT2D eigenvalue weighted by Crippen LogP contribution is -2.20. The van der Waals surface area contributed by atoms with Gasteiger partial charge < -0.3 is 10.4 Å². The standard InChI is InChI=1S/C14H10Br2ClNO2/c15-9-6-5-8(7-10(9)16)13(14(19)20)18-12-4-2-1-3-11(12)17/h1-7,13,18H,(H,19,20). The Morgan fingerprint density at radius 3 is 2.45 bits per heavy atom. The number of benzene rings is 2. The minimum atomic E-state index is -0.973. The number of hydrogen-bond donors (Lipinski definition) is 2. The van der Waals surface area contributed by atoms with Crippen LogP contribution in [0.1, 0.15) is 11.6 Å². The third-order valence-electron chi connectivity index (χ3n) is 2.70. The quantitative estimate of drug-likeness (QED) is 0.725. The topological polar surface area (TPSA) is 49.3 Å². The van der Waals surface area contributed by atoms with E-state index in [1.807, 2.05) is 0 Å². The highest BCUT2D eigenvalue weighted by Crippen LogP contribution is 2.30. The van der Waals surface area contributed by atoms with Crippen molar-refractivity contribution >= 4 is 55.1 Å². The van der Waals surface area contributed by atoms with Crippen molar-refractivity contribution in [3.8, 4) is 0 Å². The molecule has 2 aromatic rings. The minimum absolute atomic E-state index is 0.481. The molecule has 104 valence electrons. The summed E-state index contributed by atoms with van der Waals surface area (Å²) in [6.07, 6.45) is 0. The minimum Gasteiger partial charge on any atom is -0.479 e. The Hall–Kier alpha value is -1.04. The zero-order chi connectivity index (χ0) is 14.7. The zero-order valence-electron chi connectivity index (χ0n) is 10.1. The number of anilines is 1. The van der Waals surface area contributed by atoms with Crippen LogP contribution in [0, 0.1) is 0 Å². The van der Waals surface area contributed by atoms with E-state index in [2.05, 4.69) is 37.2 Å². The van der Waals surface area contributed by atoms with Crippen LogP contribution in [-0.4, -0.2) is 11.1 Å². The third kappa shape index (κ3) is 3.53. The highest BCUT2D eigenvalue weighted by Gasteiger charge is 2.21. The van der Waals surface area contributed by atoms with E-state index in [-0.39, 0.29) is 0 Å². The van der Waals surface area contributed by atoms with Crippen LogP contribution in [0.2, 0.25) is 5.02 Å². The lowest BCUT2D eigenvalue weighted by molar-refractivity contribution is -0.138. The van der Waals surface area contributed by atoms with Gasteiger partial charge in [-0.3, -0.25) is 0 Å². The van der Waals surface area contributed by atoms with Gasteiger partial charge in [0.15, 0.2) is 6.04 Å². The summed E-state index contributed by atoms with van der Waals surface area (Å²) in [4.78, 5) is 11.5. The van der Waals surface area contributed by atoms with Crippen LogP contribution >= 0.6 is 43.5 Å². The molecule has 0 saturated carbocycles. The van der Waals surface area contributed by atoms with Gasteiger partial charge >= 0.3 is 5.97 Å². The molecule has 2 aromatic carbocycles. The molecule has 0 aromatic heterocycles. The molecule has 2 N–H and O–H groups in total. The van der Waals surface area contributed by atoms with E-state index in [1.165, 1.54) is 0 Å². The lowest BCUT2D eigenvalue weighted by atomic mass is 10.1. The number of halogens is 3. The SMILES string of the molecule is O=C(O)C(Nc1ccccc1Cl)c1ccc(Br)c(Br)c1. The van der Waals surface area contributed by atoms with Crippen LogP contribution in [0.25, 0.3) is 0 Å². The molecule has 0 aliphatic carbocycles. The van der Waals surface area contributed by atoms with Gasteiger partial charge in [-0.25, -0.2) is 4.79 Å². The maximum Gasteiger partial charge on any atom is 0.330 e. The summed E-state index contributed by atoms with van der Waals surface area (Å²) in [6.45, 7) is 0. The molecule has 0 aliphatic heterocycles. The number of carboxylic acid groups (broad SMARTS) is 1. The van der Waals surface area contributed by atoms with Crippen molar-refractivity contribution < 1.29 is 9.90 Å². The molecule has 0 aliphatic rings. The molecule has 2 rings (SSSR count). The first kappa shape index (κ1) is 15.4. The molecule has 20 heavy (non-hydrogen) atoms. The van der Waals surface area contributed by atoms with Gasteiger partial charge in [-0.1, -0.05) is 29.8 Å². The van der Waals surface area contributed by atoms with Crippen molar-refractivity contribution in [1.29, 1.82) is 0 Å². The second-order valence-electron chi connectivity index (χ2n) is 4.07. The summed E-state index contributed by atoms with van der Waals surface area (Å²) in [5.74, 6) is -0.973. The van der Waals surface area contributed by atoms with E-state index < -0.39 is 12.0 Å². The number of carboxylic acids is 1. The fourth-order valence-corrected chi connectivity index (χ4v) is 2.55. The second kappa shape index (κ2) is 6.61. The van der Waals surface area contributed by atoms with Crippen molar-refractivity contribution in [2.24, 2.45) is 0 Å². The Kier molecular flexibility index (Phi) is 5.07. The molecule has 3 nitrogen and oxygen atoms in total. The predicted octanol–water partition coefficient (Wildman–Crippen LogP) is 5.10. The molecule has 6 heteroatoms. The van der Waals surface area contributed by atoms with Crippen LogP contribution in [0.15, 0.2) is 51.4 Å².